The molecule has 0 saturated heterocycles. The predicted octanol–water partition coefficient (Wildman–Crippen LogP) is 2.77. The third-order valence-corrected chi connectivity index (χ3v) is 2.71. The molecule has 3 heteroatoms. The average molecular weight is 198 g/mol. The van der Waals surface area contributed by atoms with Crippen molar-refractivity contribution in [3.63, 3.8) is 0 Å². The molecule has 14 heavy (non-hydrogen) atoms. The Morgan fingerprint density at radius 3 is 2.29 bits per heavy atom. The largest absolute Gasteiger partial charge is 0.388 e. The van der Waals surface area contributed by atoms with Gasteiger partial charge in [-0.1, -0.05) is 30.3 Å². The minimum Gasteiger partial charge on any atom is -0.388 e. The average Bonchev–Trinajstić information content (AvgIpc) is 2.14. The number of alkyl halides is 2. The van der Waals surface area contributed by atoms with Crippen molar-refractivity contribution in [2.75, 3.05) is 0 Å². The molecule has 1 aromatic carbocycles. The molecule has 76 valence electrons. The summed E-state index contributed by atoms with van der Waals surface area (Å²) in [4.78, 5) is 0. The van der Waals surface area contributed by atoms with Gasteiger partial charge in [-0.2, -0.15) is 0 Å². The molecule has 2 rings (SSSR count). The van der Waals surface area contributed by atoms with Gasteiger partial charge in [0.1, 0.15) is 0 Å². The standard InChI is InChI=1S/C11H12F2O/c12-11(13)6-9(7-11)10(14)8-4-2-1-3-5-8/h1-5,9-10,14H,6-7H2. The Morgan fingerprint density at radius 1 is 1.21 bits per heavy atom. The molecule has 1 aromatic rings. The number of aliphatic hydroxyl groups excluding tert-OH is 1. The van der Waals surface area contributed by atoms with Crippen molar-refractivity contribution in [1.82, 2.24) is 0 Å². The summed E-state index contributed by atoms with van der Waals surface area (Å²) < 4.78 is 25.1. The minimum absolute atomic E-state index is 0.191. The first kappa shape index (κ1) is 9.59. The number of halogens is 2. The number of hydrogen-bond acceptors (Lipinski definition) is 1. The number of hydrogen-bond donors (Lipinski definition) is 1. The second-order valence-electron chi connectivity index (χ2n) is 3.88. The first-order valence-electron chi connectivity index (χ1n) is 4.69. The van der Waals surface area contributed by atoms with Crippen molar-refractivity contribution >= 4 is 0 Å². The van der Waals surface area contributed by atoms with Crippen molar-refractivity contribution in [1.29, 1.82) is 0 Å². The van der Waals surface area contributed by atoms with Crippen LogP contribution in [-0.2, 0) is 0 Å². The maximum atomic E-state index is 12.6. The van der Waals surface area contributed by atoms with Crippen LogP contribution in [0.1, 0.15) is 24.5 Å². The summed E-state index contributed by atoms with van der Waals surface area (Å²) in [5.74, 6) is -2.84. The third-order valence-electron chi connectivity index (χ3n) is 2.71. The fourth-order valence-electron chi connectivity index (χ4n) is 1.85. The van der Waals surface area contributed by atoms with E-state index in [9.17, 15) is 13.9 Å². The second kappa shape index (κ2) is 3.31. The molecule has 1 atom stereocenters. The Labute approximate surface area is 81.4 Å². The smallest absolute Gasteiger partial charge is 0.248 e. The van der Waals surface area contributed by atoms with Crippen LogP contribution in [0.2, 0.25) is 0 Å². The molecular formula is C11H12F2O. The molecule has 1 saturated carbocycles. The van der Waals surface area contributed by atoms with E-state index >= 15 is 0 Å². The van der Waals surface area contributed by atoms with Gasteiger partial charge in [-0.25, -0.2) is 8.78 Å². The predicted molar refractivity (Wildman–Crippen MR) is 49.1 cm³/mol. The van der Waals surface area contributed by atoms with E-state index in [0.717, 1.165) is 5.56 Å². The van der Waals surface area contributed by atoms with Gasteiger partial charge in [-0.3, -0.25) is 0 Å². The Bertz CT molecular complexity index is 302. The summed E-state index contributed by atoms with van der Waals surface area (Å²) in [7, 11) is 0. The molecule has 0 bridgehead atoms. The molecule has 1 aliphatic carbocycles. The van der Waals surface area contributed by atoms with Gasteiger partial charge in [0, 0.05) is 18.8 Å². The van der Waals surface area contributed by atoms with Crippen LogP contribution in [-0.4, -0.2) is 11.0 Å². The van der Waals surface area contributed by atoms with E-state index in [1.165, 1.54) is 0 Å². The zero-order valence-corrected chi connectivity index (χ0v) is 7.66. The van der Waals surface area contributed by atoms with Crippen LogP contribution in [0.25, 0.3) is 0 Å². The maximum Gasteiger partial charge on any atom is 0.248 e. The van der Waals surface area contributed by atoms with E-state index in [2.05, 4.69) is 0 Å². The zero-order valence-electron chi connectivity index (χ0n) is 7.66. The normalized spacial score (nSPS) is 22.8. The highest BCUT2D eigenvalue weighted by Crippen LogP contribution is 2.48. The summed E-state index contributed by atoms with van der Waals surface area (Å²) in [5.41, 5.74) is 0.730. The summed E-state index contributed by atoms with van der Waals surface area (Å²) >= 11 is 0. The molecule has 1 unspecified atom stereocenters. The van der Waals surface area contributed by atoms with E-state index < -0.39 is 12.0 Å². The van der Waals surface area contributed by atoms with E-state index in [4.69, 9.17) is 0 Å². The van der Waals surface area contributed by atoms with Crippen LogP contribution < -0.4 is 0 Å². The molecule has 0 heterocycles. The molecule has 0 aliphatic heterocycles. The number of aliphatic hydroxyl groups is 1. The van der Waals surface area contributed by atoms with Gasteiger partial charge < -0.3 is 5.11 Å². The molecule has 0 spiro atoms. The molecule has 0 amide bonds. The van der Waals surface area contributed by atoms with Gasteiger partial charge in [0.2, 0.25) is 5.92 Å². The van der Waals surface area contributed by atoms with Crippen molar-refractivity contribution < 1.29 is 13.9 Å². The summed E-state index contributed by atoms with van der Waals surface area (Å²) in [5, 5.41) is 9.74. The summed E-state index contributed by atoms with van der Waals surface area (Å²) in [6, 6.07) is 8.97. The van der Waals surface area contributed by atoms with Crippen molar-refractivity contribution in [2.45, 2.75) is 24.9 Å². The lowest BCUT2D eigenvalue weighted by atomic mass is 9.76. The lowest BCUT2D eigenvalue weighted by Crippen LogP contribution is -2.38. The van der Waals surface area contributed by atoms with Crippen LogP contribution in [0, 0.1) is 5.92 Å². The SMILES string of the molecule is OC(c1ccccc1)C1CC(F)(F)C1. The van der Waals surface area contributed by atoms with E-state index in [-0.39, 0.29) is 18.8 Å². The zero-order chi connectivity index (χ0) is 10.2. The van der Waals surface area contributed by atoms with E-state index in [1.807, 2.05) is 6.07 Å². The quantitative estimate of drug-likeness (QED) is 0.774. The highest BCUT2D eigenvalue weighted by atomic mass is 19.3. The Kier molecular flexibility index (Phi) is 2.27. The molecule has 0 aromatic heterocycles. The maximum absolute atomic E-state index is 12.6. The monoisotopic (exact) mass is 198 g/mol. The number of rotatable bonds is 2. The van der Waals surface area contributed by atoms with Crippen molar-refractivity contribution in [3.8, 4) is 0 Å². The Hall–Kier alpha value is -0.960. The van der Waals surface area contributed by atoms with Crippen LogP contribution >= 0.6 is 0 Å². The lowest BCUT2D eigenvalue weighted by Gasteiger charge is -2.38. The van der Waals surface area contributed by atoms with Gasteiger partial charge in [0.05, 0.1) is 6.10 Å². The Balaban J connectivity index is 2.01. The molecule has 0 radical (unpaired) electrons. The van der Waals surface area contributed by atoms with Crippen LogP contribution in [0.4, 0.5) is 8.78 Å². The van der Waals surface area contributed by atoms with E-state index in [1.54, 1.807) is 24.3 Å². The van der Waals surface area contributed by atoms with Gasteiger partial charge in [-0.15, -0.1) is 0 Å². The Morgan fingerprint density at radius 2 is 1.79 bits per heavy atom. The van der Waals surface area contributed by atoms with Crippen molar-refractivity contribution in [2.24, 2.45) is 5.92 Å². The number of benzene rings is 1. The molecular weight excluding hydrogens is 186 g/mol. The first-order valence-corrected chi connectivity index (χ1v) is 4.69. The summed E-state index contributed by atoms with van der Waals surface area (Å²) in [6.07, 6.45) is -1.12. The molecule has 1 fully saturated rings. The highest BCUT2D eigenvalue weighted by molar-refractivity contribution is 5.19. The van der Waals surface area contributed by atoms with E-state index in [0.29, 0.717) is 0 Å². The van der Waals surface area contributed by atoms with Gasteiger partial charge >= 0.3 is 0 Å². The second-order valence-corrected chi connectivity index (χ2v) is 3.88. The van der Waals surface area contributed by atoms with Crippen LogP contribution in [0.15, 0.2) is 30.3 Å². The molecule has 1 N–H and O–H groups in total. The van der Waals surface area contributed by atoms with Gasteiger partial charge in [0.25, 0.3) is 0 Å². The highest BCUT2D eigenvalue weighted by Gasteiger charge is 2.48. The lowest BCUT2D eigenvalue weighted by molar-refractivity contribution is -0.142. The van der Waals surface area contributed by atoms with Crippen LogP contribution in [0.3, 0.4) is 0 Å². The third kappa shape index (κ3) is 1.77. The van der Waals surface area contributed by atoms with Gasteiger partial charge in [-0.05, 0) is 5.56 Å². The van der Waals surface area contributed by atoms with Crippen molar-refractivity contribution in [3.05, 3.63) is 35.9 Å². The summed E-state index contributed by atoms with van der Waals surface area (Å²) in [6.45, 7) is 0. The van der Waals surface area contributed by atoms with Gasteiger partial charge in [0.15, 0.2) is 0 Å². The fraction of sp³-hybridized carbons (Fsp3) is 0.455. The minimum atomic E-state index is -2.56. The fourth-order valence-corrected chi connectivity index (χ4v) is 1.85. The topological polar surface area (TPSA) is 20.2 Å². The molecule has 1 aliphatic rings. The van der Waals surface area contributed by atoms with Crippen LogP contribution in [0.5, 0.6) is 0 Å². The molecule has 1 nitrogen and oxygen atoms in total. The first-order chi connectivity index (χ1) is 6.58.